The Morgan fingerprint density at radius 3 is 1.96 bits per heavy atom. The predicted octanol–water partition coefficient (Wildman–Crippen LogP) is 5.41. The maximum atomic E-state index is 3.87. The Morgan fingerprint density at radius 2 is 1.26 bits per heavy atom. The minimum absolute atomic E-state index is 1.17. The van der Waals surface area contributed by atoms with Gasteiger partial charge in [-0.05, 0) is 0 Å². The summed E-state index contributed by atoms with van der Waals surface area (Å²) in [4.78, 5) is 0. The molecule has 5 rings (SSSR count). The van der Waals surface area contributed by atoms with Gasteiger partial charge in [0.25, 0.3) is 0 Å². The van der Waals surface area contributed by atoms with Gasteiger partial charge in [0, 0.05) is 0 Å². The Kier molecular flexibility index (Phi) is 2.71. The number of hydrogen-bond donors (Lipinski definition) is 0. The van der Waals surface area contributed by atoms with Crippen LogP contribution in [0.1, 0.15) is 5.56 Å². The van der Waals surface area contributed by atoms with E-state index in [0.717, 1.165) is 0 Å². The van der Waals surface area contributed by atoms with Crippen molar-refractivity contribution < 1.29 is 0 Å². The SMILES string of the molecule is B=Cc1ccc2cc3c(cc2c1)sc1cc2ccccc2cc13. The van der Waals surface area contributed by atoms with E-state index in [9.17, 15) is 0 Å². The molecule has 0 bridgehead atoms. The van der Waals surface area contributed by atoms with Gasteiger partial charge in [0.05, 0.1) is 0 Å². The van der Waals surface area contributed by atoms with E-state index in [-0.39, 0.29) is 0 Å². The van der Waals surface area contributed by atoms with E-state index in [1.54, 1.807) is 0 Å². The van der Waals surface area contributed by atoms with Gasteiger partial charge < -0.3 is 0 Å². The summed E-state index contributed by atoms with van der Waals surface area (Å²) in [7, 11) is 3.87. The van der Waals surface area contributed by atoms with Crippen molar-refractivity contribution in [1.82, 2.24) is 0 Å². The van der Waals surface area contributed by atoms with Gasteiger partial charge in [-0.2, -0.15) is 0 Å². The fourth-order valence-electron chi connectivity index (χ4n) is 3.35. The van der Waals surface area contributed by atoms with E-state index < -0.39 is 0 Å². The first-order chi connectivity index (χ1) is 11.3. The van der Waals surface area contributed by atoms with E-state index in [2.05, 4.69) is 74.2 Å². The van der Waals surface area contributed by atoms with Crippen LogP contribution in [0.15, 0.2) is 66.7 Å². The van der Waals surface area contributed by atoms with Crippen LogP contribution in [0.4, 0.5) is 0 Å². The van der Waals surface area contributed by atoms with Crippen LogP contribution < -0.4 is 0 Å². The van der Waals surface area contributed by atoms with Crippen LogP contribution in [0.3, 0.4) is 0 Å². The first-order valence-electron chi connectivity index (χ1n) is 7.73. The molecule has 23 heavy (non-hydrogen) atoms. The van der Waals surface area contributed by atoms with Crippen molar-refractivity contribution in [2.24, 2.45) is 0 Å². The van der Waals surface area contributed by atoms with Crippen molar-refractivity contribution in [3.63, 3.8) is 0 Å². The molecule has 0 atom stereocenters. The summed E-state index contributed by atoms with van der Waals surface area (Å²) in [5.41, 5.74) is 1.17. The van der Waals surface area contributed by atoms with Crippen molar-refractivity contribution in [3.05, 3.63) is 72.3 Å². The number of benzene rings is 4. The van der Waals surface area contributed by atoms with Gasteiger partial charge in [-0.25, -0.2) is 0 Å². The summed E-state index contributed by atoms with van der Waals surface area (Å²) in [6, 6.07) is 24.4. The summed E-state index contributed by atoms with van der Waals surface area (Å²) in [6.45, 7) is 0. The van der Waals surface area contributed by atoms with Crippen molar-refractivity contribution in [2.75, 3.05) is 0 Å². The summed E-state index contributed by atoms with van der Waals surface area (Å²) in [6.07, 6.45) is 0. The van der Waals surface area contributed by atoms with Crippen LogP contribution >= 0.6 is 11.3 Å². The first kappa shape index (κ1) is 13.0. The van der Waals surface area contributed by atoms with E-state index in [0.29, 0.717) is 0 Å². The predicted molar refractivity (Wildman–Crippen MR) is 107 cm³/mol. The molecule has 0 spiro atoms. The van der Waals surface area contributed by atoms with E-state index >= 15 is 0 Å². The number of thiophene rings is 1. The quantitative estimate of drug-likeness (QED) is 0.363. The Morgan fingerprint density at radius 1 is 0.652 bits per heavy atom. The molecule has 0 amide bonds. The van der Waals surface area contributed by atoms with Crippen molar-refractivity contribution >= 4 is 66.5 Å². The molecule has 0 saturated heterocycles. The molecule has 0 N–H and O–H groups in total. The van der Waals surface area contributed by atoms with Gasteiger partial charge >= 0.3 is 139 Å². The Balaban J connectivity index is 1.93. The summed E-state index contributed by atoms with van der Waals surface area (Å²) in [5.74, 6) is 1.90. The Hall–Kier alpha value is -2.45. The third kappa shape index (κ3) is 1.95. The summed E-state index contributed by atoms with van der Waals surface area (Å²) >= 11 is 1.88. The molecule has 5 aromatic rings. The molecule has 0 nitrogen and oxygen atoms in total. The third-order valence-electron chi connectivity index (χ3n) is 4.56. The number of rotatable bonds is 1. The Bertz CT molecular complexity index is 1230. The average molecular weight is 308 g/mol. The second kappa shape index (κ2) is 4.77. The van der Waals surface area contributed by atoms with Crippen LogP contribution in [0.2, 0.25) is 0 Å². The van der Waals surface area contributed by atoms with Gasteiger partial charge in [0.1, 0.15) is 0 Å². The van der Waals surface area contributed by atoms with Crippen molar-refractivity contribution in [3.8, 4) is 0 Å². The van der Waals surface area contributed by atoms with E-state index in [1.165, 1.54) is 47.3 Å². The fourth-order valence-corrected chi connectivity index (χ4v) is 4.52. The molecular formula is C21H13BS. The molecule has 0 saturated carbocycles. The summed E-state index contributed by atoms with van der Waals surface area (Å²) < 4.78 is 2.71. The molecule has 0 aliphatic carbocycles. The van der Waals surface area contributed by atoms with Crippen molar-refractivity contribution in [1.29, 1.82) is 0 Å². The summed E-state index contributed by atoms with van der Waals surface area (Å²) in [5, 5.41) is 7.90. The molecule has 0 radical (unpaired) electrons. The molecule has 2 heteroatoms. The molecule has 0 fully saturated rings. The van der Waals surface area contributed by atoms with Crippen molar-refractivity contribution in [2.45, 2.75) is 0 Å². The van der Waals surface area contributed by atoms with E-state index in [4.69, 9.17) is 0 Å². The fraction of sp³-hybridized carbons (Fsp3) is 0. The average Bonchev–Trinajstić information content (AvgIpc) is 2.93. The molecule has 0 unspecified atom stereocenters. The van der Waals surface area contributed by atoms with Gasteiger partial charge in [-0.3, -0.25) is 0 Å². The molecule has 1 aromatic heterocycles. The molecule has 0 aliphatic heterocycles. The number of hydrogen-bond acceptors (Lipinski definition) is 1. The second-order valence-electron chi connectivity index (χ2n) is 5.96. The standard InChI is InChI=1S/C21H13BS/c22-12-13-5-6-16-9-19-18-8-14-3-1-2-4-15(14)10-20(18)23-21(19)11-17(16)7-13/h1-12,22H. The third-order valence-corrected chi connectivity index (χ3v) is 5.67. The monoisotopic (exact) mass is 308 g/mol. The first-order valence-corrected chi connectivity index (χ1v) is 8.55. The van der Waals surface area contributed by atoms with E-state index in [1.807, 2.05) is 17.3 Å². The van der Waals surface area contributed by atoms with Gasteiger partial charge in [-0.1, -0.05) is 0 Å². The molecular weight excluding hydrogens is 295 g/mol. The zero-order valence-corrected chi connectivity index (χ0v) is 13.4. The minimum atomic E-state index is 1.17. The van der Waals surface area contributed by atoms with Crippen LogP contribution in [0.25, 0.3) is 41.7 Å². The van der Waals surface area contributed by atoms with Crippen LogP contribution in [-0.4, -0.2) is 13.5 Å². The second-order valence-corrected chi connectivity index (χ2v) is 7.04. The topological polar surface area (TPSA) is 0 Å². The van der Waals surface area contributed by atoms with Crippen LogP contribution in [0, 0.1) is 0 Å². The molecule has 1 heterocycles. The molecule has 0 aliphatic rings. The van der Waals surface area contributed by atoms with Gasteiger partial charge in [0.15, 0.2) is 0 Å². The van der Waals surface area contributed by atoms with Crippen LogP contribution in [-0.2, 0) is 0 Å². The normalized spacial score (nSPS) is 11.6. The van der Waals surface area contributed by atoms with Gasteiger partial charge in [-0.15, -0.1) is 0 Å². The molecule has 106 valence electrons. The maximum absolute atomic E-state index is 3.87. The molecule has 4 aromatic carbocycles. The zero-order valence-electron chi connectivity index (χ0n) is 12.5. The van der Waals surface area contributed by atoms with Crippen LogP contribution in [0.5, 0.6) is 0 Å². The Labute approximate surface area is 139 Å². The number of fused-ring (bicyclic) bond motifs is 5. The zero-order chi connectivity index (χ0) is 15.4. The van der Waals surface area contributed by atoms with Gasteiger partial charge in [0.2, 0.25) is 0 Å².